The molecule has 0 radical (unpaired) electrons. The maximum Gasteiger partial charge on any atom is 0.308 e. The van der Waals surface area contributed by atoms with E-state index in [0.29, 0.717) is 12.8 Å². The van der Waals surface area contributed by atoms with Crippen molar-refractivity contribution in [3.05, 3.63) is 7.43 Å². The maximum atomic E-state index is 12.0. The van der Waals surface area contributed by atoms with Crippen molar-refractivity contribution >= 4 is 22.0 Å². The molecule has 0 saturated heterocycles. The van der Waals surface area contributed by atoms with Gasteiger partial charge in [0.2, 0.25) is 5.91 Å². The molecule has 0 aliphatic heterocycles. The Hall–Kier alpha value is -1.28. The first kappa shape index (κ1) is 23.0. The van der Waals surface area contributed by atoms with Crippen LogP contribution in [0.3, 0.4) is 0 Å². The molecule has 0 aromatic rings. The van der Waals surface area contributed by atoms with Crippen LogP contribution in [0.25, 0.3) is 0 Å². The number of carbonyl (C=O) groups is 2. The molecule has 0 fully saturated rings. The monoisotopic (exact) mass is 337 g/mol. The van der Waals surface area contributed by atoms with Crippen molar-refractivity contribution in [1.29, 1.82) is 0 Å². The minimum atomic E-state index is -4.44. The Kier molecular flexibility index (Phi) is 9.40. The highest BCUT2D eigenvalue weighted by molar-refractivity contribution is 7.85. The van der Waals surface area contributed by atoms with Crippen LogP contribution in [0, 0.1) is 19.3 Å². The van der Waals surface area contributed by atoms with Gasteiger partial charge in [0.1, 0.15) is 0 Å². The van der Waals surface area contributed by atoms with Gasteiger partial charge in [0.05, 0.1) is 28.9 Å². The summed E-state index contributed by atoms with van der Waals surface area (Å²) in [4.78, 5) is 23.5. The summed E-state index contributed by atoms with van der Waals surface area (Å²) in [6.45, 7) is 6.39. The van der Waals surface area contributed by atoms with Gasteiger partial charge in [0, 0.05) is 18.9 Å². The number of hydrogen-bond acceptors (Lipinski definition) is 6. The normalized spacial score (nSPS) is 14.5. The third-order valence-electron chi connectivity index (χ3n) is 3.11. The fourth-order valence-corrected chi connectivity index (χ4v) is 3.02. The summed E-state index contributed by atoms with van der Waals surface area (Å²) in [5.41, 5.74) is -1.15. The molecule has 8 heteroatoms. The first-order chi connectivity index (χ1) is 9.41. The summed E-state index contributed by atoms with van der Waals surface area (Å²) < 4.78 is 37.0. The minimum Gasteiger partial charge on any atom is -0.748 e. The highest BCUT2D eigenvalue weighted by Gasteiger charge is 2.28. The van der Waals surface area contributed by atoms with E-state index in [2.05, 4.69) is 10.1 Å². The zero-order valence-electron chi connectivity index (χ0n) is 14.1. The zero-order valence-corrected chi connectivity index (χ0v) is 15.0. The molecule has 0 bridgehead atoms. The summed E-state index contributed by atoms with van der Waals surface area (Å²) in [6.07, 6.45) is 0.845. The Morgan fingerprint density at radius 1 is 1.32 bits per heavy atom. The van der Waals surface area contributed by atoms with Crippen LogP contribution in [0.2, 0.25) is 0 Å². The van der Waals surface area contributed by atoms with Crippen molar-refractivity contribution in [3.63, 3.8) is 0 Å². The van der Waals surface area contributed by atoms with E-state index >= 15 is 0 Å². The smallest absolute Gasteiger partial charge is 0.308 e. The second-order valence-corrected chi connectivity index (χ2v) is 7.24. The van der Waals surface area contributed by atoms with E-state index in [1.54, 1.807) is 6.92 Å². The van der Waals surface area contributed by atoms with Crippen LogP contribution in [0.1, 0.15) is 40.5 Å². The van der Waals surface area contributed by atoms with Gasteiger partial charge in [-0.25, -0.2) is 8.42 Å². The number of nitrogens with one attached hydrogen (secondary N) is 1. The van der Waals surface area contributed by atoms with Crippen LogP contribution >= 0.6 is 0 Å². The van der Waals surface area contributed by atoms with Gasteiger partial charge in [-0.3, -0.25) is 9.59 Å². The van der Waals surface area contributed by atoms with E-state index in [1.165, 1.54) is 21.0 Å². The third kappa shape index (κ3) is 8.89. The van der Waals surface area contributed by atoms with Crippen LogP contribution in [-0.4, -0.2) is 43.2 Å². The Balaban J connectivity index is 0. The molecule has 0 heterocycles. The summed E-state index contributed by atoms with van der Waals surface area (Å²) in [5, 5.41) is 2.53. The second kappa shape index (κ2) is 8.99. The third-order valence-corrected chi connectivity index (χ3v) is 4.19. The minimum absolute atomic E-state index is 0. The van der Waals surface area contributed by atoms with Gasteiger partial charge in [0.15, 0.2) is 0 Å². The van der Waals surface area contributed by atoms with Gasteiger partial charge >= 0.3 is 5.97 Å². The highest BCUT2D eigenvalue weighted by atomic mass is 32.2. The van der Waals surface area contributed by atoms with Gasteiger partial charge in [-0.15, -0.1) is 0 Å². The number of hydrogen-bond donors (Lipinski definition) is 1. The molecule has 0 aliphatic rings. The first-order valence-corrected chi connectivity index (χ1v) is 8.33. The lowest BCUT2D eigenvalue weighted by molar-refractivity contribution is -0.146. The average molecular weight is 337 g/mol. The van der Waals surface area contributed by atoms with E-state index in [0.717, 1.165) is 0 Å². The first-order valence-electron chi connectivity index (χ1n) is 6.75. The van der Waals surface area contributed by atoms with Gasteiger partial charge in [-0.2, -0.15) is 0 Å². The van der Waals surface area contributed by atoms with Crippen molar-refractivity contribution < 1.29 is 27.3 Å². The largest absolute Gasteiger partial charge is 0.748 e. The van der Waals surface area contributed by atoms with E-state index in [1.807, 2.05) is 6.92 Å². The lowest BCUT2D eigenvalue weighted by Gasteiger charge is -2.29. The van der Waals surface area contributed by atoms with Gasteiger partial charge in [-0.1, -0.05) is 13.8 Å². The number of rotatable bonds is 8. The van der Waals surface area contributed by atoms with E-state index in [4.69, 9.17) is 0 Å². The van der Waals surface area contributed by atoms with Crippen LogP contribution in [0.15, 0.2) is 0 Å². The van der Waals surface area contributed by atoms with Crippen LogP contribution in [-0.2, 0) is 24.4 Å². The number of carbonyl (C=O) groups excluding carboxylic acids is 2. The average Bonchev–Trinajstić information content (AvgIpc) is 2.30. The number of methoxy groups -OCH3 is 1. The summed E-state index contributed by atoms with van der Waals surface area (Å²) in [5.74, 6) is -2.35. The van der Waals surface area contributed by atoms with E-state index in [9.17, 15) is 22.6 Å². The van der Waals surface area contributed by atoms with E-state index in [-0.39, 0.29) is 19.3 Å². The van der Waals surface area contributed by atoms with Crippen molar-refractivity contribution in [2.45, 2.75) is 46.1 Å². The van der Waals surface area contributed by atoms with Crippen LogP contribution in [0.4, 0.5) is 0 Å². The maximum absolute atomic E-state index is 12.0. The molecule has 7 nitrogen and oxygen atoms in total. The standard InChI is InChI=1S/C13H25NO6S.CH3/c1-6-10(12(16)20-5)7-9(2)11(15)14-13(3,4)8-21(17,18)19;/h9-10H,6-8H2,1-5H3,(H,14,15)(H,17,18,19);1H3/q;+1/p-1. The summed E-state index contributed by atoms with van der Waals surface area (Å²) in [7, 11) is -3.15. The Morgan fingerprint density at radius 2 is 1.82 bits per heavy atom. The molecule has 2 atom stereocenters. The Bertz CT molecular complexity index is 472. The molecule has 0 spiro atoms. The number of esters is 1. The fourth-order valence-electron chi connectivity index (χ4n) is 2.06. The predicted molar refractivity (Wildman–Crippen MR) is 82.8 cm³/mol. The van der Waals surface area contributed by atoms with Crippen LogP contribution < -0.4 is 5.32 Å². The summed E-state index contributed by atoms with van der Waals surface area (Å²) in [6, 6.07) is 0. The van der Waals surface area contributed by atoms with Gasteiger partial charge in [0.25, 0.3) is 0 Å². The lowest BCUT2D eigenvalue weighted by atomic mass is 9.92. The number of amides is 1. The van der Waals surface area contributed by atoms with Crippen molar-refractivity contribution in [1.82, 2.24) is 5.32 Å². The molecule has 0 saturated carbocycles. The molecule has 1 N–H and O–H groups in total. The molecule has 2 unspecified atom stereocenters. The molecule has 0 aromatic carbocycles. The van der Waals surface area contributed by atoms with Crippen molar-refractivity contribution in [3.8, 4) is 0 Å². The molecular weight excluding hydrogens is 310 g/mol. The molecule has 0 aromatic heterocycles. The topological polar surface area (TPSA) is 113 Å². The van der Waals surface area contributed by atoms with E-state index < -0.39 is 33.2 Å². The Morgan fingerprint density at radius 3 is 2.18 bits per heavy atom. The SMILES string of the molecule is CCC(CC(C)C(=O)NC(C)(C)CS(=O)(=O)[O-])C(=O)OC.[CH3+]. The van der Waals surface area contributed by atoms with Crippen molar-refractivity contribution in [2.75, 3.05) is 12.9 Å². The number of ether oxygens (including phenoxy) is 1. The summed E-state index contributed by atoms with van der Waals surface area (Å²) >= 11 is 0. The van der Waals surface area contributed by atoms with Gasteiger partial charge in [-0.05, 0) is 26.7 Å². The fraction of sp³-hybridized carbons (Fsp3) is 0.786. The van der Waals surface area contributed by atoms with Gasteiger partial charge < -0.3 is 14.6 Å². The molecular formula is C14H27NO6S. The molecule has 0 aliphatic carbocycles. The lowest BCUT2D eigenvalue weighted by Crippen LogP contribution is -2.50. The van der Waals surface area contributed by atoms with Crippen LogP contribution in [0.5, 0.6) is 0 Å². The molecule has 22 heavy (non-hydrogen) atoms. The molecule has 130 valence electrons. The zero-order chi connectivity index (χ0) is 16.8. The molecule has 0 rings (SSSR count). The second-order valence-electron chi connectivity index (χ2n) is 5.84. The predicted octanol–water partition coefficient (Wildman–Crippen LogP) is 1.10. The quantitative estimate of drug-likeness (QED) is 0.403. The molecule has 1 amide bonds. The highest BCUT2D eigenvalue weighted by Crippen LogP contribution is 2.18. The Labute approximate surface area is 133 Å². The van der Waals surface area contributed by atoms with Crippen molar-refractivity contribution in [2.24, 2.45) is 11.8 Å².